The number of hydrogen-bond acceptors (Lipinski definition) is 6. The van der Waals surface area contributed by atoms with Crippen LogP contribution in [0.3, 0.4) is 0 Å². The van der Waals surface area contributed by atoms with Crippen molar-refractivity contribution in [2.45, 2.75) is 50.5 Å². The first-order chi connectivity index (χ1) is 15.0. The largest absolute Gasteiger partial charge is 0.617 e. The second-order valence-electron chi connectivity index (χ2n) is 8.20. The van der Waals surface area contributed by atoms with E-state index >= 15 is 0 Å². The van der Waals surface area contributed by atoms with Gasteiger partial charge in [0.05, 0.1) is 17.7 Å². The maximum absolute atomic E-state index is 13.2. The van der Waals surface area contributed by atoms with Crippen LogP contribution in [0.1, 0.15) is 50.6 Å². The Labute approximate surface area is 186 Å². The van der Waals surface area contributed by atoms with Crippen molar-refractivity contribution in [3.63, 3.8) is 0 Å². The maximum atomic E-state index is 13.2. The minimum Gasteiger partial charge on any atom is -0.617 e. The van der Waals surface area contributed by atoms with Gasteiger partial charge in [-0.15, -0.1) is 4.73 Å². The van der Waals surface area contributed by atoms with Gasteiger partial charge in [0.2, 0.25) is 5.75 Å². The number of hydrogen-bond donors (Lipinski definition) is 1. The van der Waals surface area contributed by atoms with Gasteiger partial charge in [0.25, 0.3) is 5.69 Å². The maximum Gasteiger partial charge on any atom is 0.333 e. The van der Waals surface area contributed by atoms with Crippen LogP contribution in [0.5, 0.6) is 11.5 Å². The number of carboxylic acids is 1. The lowest BCUT2D eigenvalue weighted by molar-refractivity contribution is -0.606. The van der Waals surface area contributed by atoms with E-state index in [1.807, 2.05) is 4.90 Å². The van der Waals surface area contributed by atoms with E-state index in [0.29, 0.717) is 48.0 Å². The summed E-state index contributed by atoms with van der Waals surface area (Å²) in [5.74, 6) is -0.303. The molecule has 1 N–H and O–H groups in total. The minimum atomic E-state index is -0.959. The van der Waals surface area contributed by atoms with Crippen LogP contribution in [-0.2, 0) is 9.53 Å². The van der Waals surface area contributed by atoms with Crippen molar-refractivity contribution in [3.05, 3.63) is 40.0 Å². The lowest BCUT2D eigenvalue weighted by Gasteiger charge is -2.45. The molecule has 0 bridgehead atoms. The van der Waals surface area contributed by atoms with Gasteiger partial charge in [-0.05, 0) is 30.5 Å². The molecule has 1 aliphatic carbocycles. The van der Waals surface area contributed by atoms with Crippen molar-refractivity contribution in [2.75, 3.05) is 26.9 Å². The number of methoxy groups -OCH3 is 1. The smallest absolute Gasteiger partial charge is 0.333 e. The Morgan fingerprint density at radius 2 is 2.13 bits per heavy atom. The Morgan fingerprint density at radius 1 is 1.35 bits per heavy atom. The van der Waals surface area contributed by atoms with Gasteiger partial charge in [-0.3, -0.25) is 0 Å². The standard InChI is InChI=1S/C22H27ClN2O6/c1-29-10-5-11-30-18-12-17-19(25(28)20(18)23)16-7-6-15(21(26)27)13-24(16)22(14-31-17)8-3-2-4-9-22/h7,12-13H,2-6,8-11,14H2,1H3,(H,26,27). The average Bonchev–Trinajstić information content (AvgIpc) is 2.90. The van der Waals surface area contributed by atoms with Crippen LogP contribution < -0.4 is 14.2 Å². The van der Waals surface area contributed by atoms with Gasteiger partial charge in [-0.2, -0.15) is 0 Å². The summed E-state index contributed by atoms with van der Waals surface area (Å²) in [4.78, 5) is 13.6. The summed E-state index contributed by atoms with van der Waals surface area (Å²) in [6.45, 7) is 1.25. The fourth-order valence-electron chi connectivity index (χ4n) is 4.58. The third-order valence-electron chi connectivity index (χ3n) is 6.20. The van der Waals surface area contributed by atoms with E-state index in [4.69, 9.17) is 25.8 Å². The Balaban J connectivity index is 1.76. The zero-order valence-corrected chi connectivity index (χ0v) is 18.3. The first kappa shape index (κ1) is 21.8. The van der Waals surface area contributed by atoms with Crippen molar-refractivity contribution in [2.24, 2.45) is 0 Å². The van der Waals surface area contributed by atoms with Gasteiger partial charge in [-0.1, -0.05) is 19.3 Å². The molecule has 0 atom stereocenters. The molecule has 0 amide bonds. The van der Waals surface area contributed by atoms with E-state index in [0.717, 1.165) is 32.1 Å². The highest BCUT2D eigenvalue weighted by Gasteiger charge is 2.46. The van der Waals surface area contributed by atoms with Crippen molar-refractivity contribution in [3.8, 4) is 11.5 Å². The van der Waals surface area contributed by atoms with Crippen LogP contribution in [0, 0.1) is 5.21 Å². The zero-order chi connectivity index (χ0) is 22.0. The van der Waals surface area contributed by atoms with Crippen LogP contribution >= 0.6 is 11.6 Å². The van der Waals surface area contributed by atoms with E-state index < -0.39 is 11.5 Å². The number of aliphatic carboxylic acids is 1. The highest BCUT2D eigenvalue weighted by atomic mass is 35.5. The number of carboxylic acid groups (broad SMARTS) is 1. The number of allylic oxidation sites excluding steroid dienone is 1. The molecule has 1 aromatic heterocycles. The predicted molar refractivity (Wildman–Crippen MR) is 114 cm³/mol. The molecule has 9 heteroatoms. The van der Waals surface area contributed by atoms with Gasteiger partial charge >= 0.3 is 11.1 Å². The molecule has 3 aliphatic rings. The van der Waals surface area contributed by atoms with Gasteiger partial charge in [0, 0.05) is 38.8 Å². The Hall–Kier alpha value is -2.45. The lowest BCUT2D eigenvalue weighted by Crippen LogP contribution is -2.51. The van der Waals surface area contributed by atoms with Crippen molar-refractivity contribution >= 4 is 23.3 Å². The number of rotatable bonds is 6. The molecule has 8 nitrogen and oxygen atoms in total. The minimum absolute atomic E-state index is 0.0757. The van der Waals surface area contributed by atoms with Crippen molar-refractivity contribution in [1.29, 1.82) is 0 Å². The van der Waals surface area contributed by atoms with Crippen molar-refractivity contribution < 1.29 is 28.8 Å². The Kier molecular flexibility index (Phi) is 6.29. The van der Waals surface area contributed by atoms with Gasteiger partial charge in [0.15, 0.2) is 5.75 Å². The molecule has 2 aliphatic heterocycles. The van der Waals surface area contributed by atoms with Crippen LogP contribution in [0.2, 0.25) is 5.15 Å². The second kappa shape index (κ2) is 8.96. The average molecular weight is 451 g/mol. The summed E-state index contributed by atoms with van der Waals surface area (Å²) in [7, 11) is 1.61. The third kappa shape index (κ3) is 4.06. The molecule has 1 saturated carbocycles. The third-order valence-corrected chi connectivity index (χ3v) is 6.54. The first-order valence-electron chi connectivity index (χ1n) is 10.6. The molecule has 0 radical (unpaired) electrons. The fraction of sp³-hybridized carbons (Fsp3) is 0.545. The number of halogens is 1. The molecule has 0 aromatic carbocycles. The highest BCUT2D eigenvalue weighted by molar-refractivity contribution is 6.30. The van der Waals surface area contributed by atoms with Crippen LogP contribution in [0.15, 0.2) is 23.9 Å². The summed E-state index contributed by atoms with van der Waals surface area (Å²) in [6, 6.07) is 1.66. The van der Waals surface area contributed by atoms with E-state index in [2.05, 4.69) is 0 Å². The number of fused-ring (bicyclic) bond motifs is 4. The van der Waals surface area contributed by atoms with Gasteiger partial charge in [0.1, 0.15) is 12.3 Å². The quantitative estimate of drug-likeness (QED) is 0.306. The summed E-state index contributed by atoms with van der Waals surface area (Å²) < 4.78 is 17.6. The molecule has 168 valence electrons. The normalized spacial score (nSPS) is 19.5. The van der Waals surface area contributed by atoms with Gasteiger partial charge < -0.3 is 29.4 Å². The summed E-state index contributed by atoms with van der Waals surface area (Å²) in [6.07, 6.45) is 9.23. The van der Waals surface area contributed by atoms with E-state index in [1.54, 1.807) is 25.5 Å². The fourth-order valence-corrected chi connectivity index (χ4v) is 4.77. The number of aromatic nitrogens is 1. The van der Waals surface area contributed by atoms with E-state index in [1.165, 1.54) is 0 Å². The molecule has 4 rings (SSSR count). The number of carbonyl (C=O) groups is 1. The van der Waals surface area contributed by atoms with Crippen LogP contribution in [0.4, 0.5) is 0 Å². The molecular formula is C22H27ClN2O6. The molecule has 1 fully saturated rings. The van der Waals surface area contributed by atoms with E-state index in [9.17, 15) is 15.1 Å². The Morgan fingerprint density at radius 3 is 2.84 bits per heavy atom. The van der Waals surface area contributed by atoms with Crippen LogP contribution in [0.25, 0.3) is 5.70 Å². The molecule has 1 spiro atoms. The lowest BCUT2D eigenvalue weighted by atomic mass is 9.80. The summed E-state index contributed by atoms with van der Waals surface area (Å²) >= 11 is 6.37. The van der Waals surface area contributed by atoms with E-state index in [-0.39, 0.29) is 23.0 Å². The molecule has 0 saturated heterocycles. The number of nitrogens with zero attached hydrogens (tertiary/aromatic N) is 2. The monoisotopic (exact) mass is 450 g/mol. The van der Waals surface area contributed by atoms with Gasteiger partial charge in [-0.25, -0.2) is 4.79 Å². The molecule has 3 heterocycles. The zero-order valence-electron chi connectivity index (χ0n) is 17.6. The Bertz CT molecular complexity index is 923. The van der Waals surface area contributed by atoms with Crippen molar-refractivity contribution in [1.82, 2.24) is 4.90 Å². The topological polar surface area (TPSA) is 95.2 Å². The molecule has 1 aromatic rings. The number of pyridine rings is 1. The first-order valence-corrected chi connectivity index (χ1v) is 11.0. The molecule has 31 heavy (non-hydrogen) atoms. The summed E-state index contributed by atoms with van der Waals surface area (Å²) in [5, 5.41) is 22.7. The van der Waals surface area contributed by atoms with Crippen LogP contribution in [-0.4, -0.2) is 48.4 Å². The summed E-state index contributed by atoms with van der Waals surface area (Å²) in [5.41, 5.74) is 0.821. The second-order valence-corrected chi connectivity index (χ2v) is 8.56. The SMILES string of the molecule is COCCCOc1cc2c([n+]([O-])c1Cl)C1=CCC(C(=O)O)=CN1C1(CCCCC1)CO2. The highest BCUT2D eigenvalue weighted by Crippen LogP contribution is 2.46. The number of ether oxygens (including phenoxy) is 3. The molecular weight excluding hydrogens is 424 g/mol. The molecule has 0 unspecified atom stereocenters. The predicted octanol–water partition coefficient (Wildman–Crippen LogP) is 3.50.